The summed E-state index contributed by atoms with van der Waals surface area (Å²) in [4.78, 5) is 28.9. The van der Waals surface area contributed by atoms with Crippen LogP contribution in [0.15, 0.2) is 41.4 Å². The van der Waals surface area contributed by atoms with Gasteiger partial charge in [-0.2, -0.15) is 0 Å². The lowest BCUT2D eigenvalue weighted by atomic mass is 9.64. The Morgan fingerprint density at radius 2 is 2.10 bits per heavy atom. The number of nitrogens with zero attached hydrogens (tertiary/aromatic N) is 1. The van der Waals surface area contributed by atoms with Gasteiger partial charge in [-0.15, -0.1) is 0 Å². The first-order chi connectivity index (χ1) is 13.9. The second-order valence-electron chi connectivity index (χ2n) is 7.49. The number of rotatable bonds is 4. The molecule has 2 aromatic rings. The summed E-state index contributed by atoms with van der Waals surface area (Å²) in [5.41, 5.74) is 9.60. The molecule has 0 fully saturated rings. The molecule has 29 heavy (non-hydrogen) atoms. The zero-order valence-corrected chi connectivity index (χ0v) is 16.1. The van der Waals surface area contributed by atoms with Crippen molar-refractivity contribution in [3.63, 3.8) is 0 Å². The summed E-state index contributed by atoms with van der Waals surface area (Å²) in [6.07, 6.45) is 0.617. The van der Waals surface area contributed by atoms with E-state index >= 15 is 0 Å². The van der Waals surface area contributed by atoms with Gasteiger partial charge in [0.15, 0.2) is 17.5 Å². The zero-order chi connectivity index (χ0) is 20.5. The summed E-state index contributed by atoms with van der Waals surface area (Å²) < 4.78 is 5.64. The van der Waals surface area contributed by atoms with Crippen LogP contribution in [0.4, 0.5) is 0 Å². The van der Waals surface area contributed by atoms with Gasteiger partial charge in [-0.1, -0.05) is 24.3 Å². The first-order valence-electron chi connectivity index (χ1n) is 9.58. The minimum Gasteiger partial charge on any atom is -0.535 e. The van der Waals surface area contributed by atoms with Crippen LogP contribution in [-0.2, 0) is 19.5 Å². The number of para-hydroxylation sites is 1. The molecule has 4 rings (SSSR count). The number of carbonyl (C=O) groups is 2. The fourth-order valence-corrected chi connectivity index (χ4v) is 3.82. The summed E-state index contributed by atoms with van der Waals surface area (Å²) in [6.45, 7) is 2.46. The molecule has 0 amide bonds. The van der Waals surface area contributed by atoms with Crippen LogP contribution in [0.2, 0.25) is 5.82 Å². The van der Waals surface area contributed by atoms with Crippen molar-refractivity contribution in [2.24, 2.45) is 10.7 Å². The van der Waals surface area contributed by atoms with E-state index < -0.39 is 7.12 Å². The third-order valence-electron chi connectivity index (χ3n) is 5.46. The lowest BCUT2D eigenvalue weighted by molar-refractivity contribution is 0.0971. The van der Waals surface area contributed by atoms with Crippen molar-refractivity contribution in [2.75, 3.05) is 0 Å². The smallest absolute Gasteiger partial charge is 0.526 e. The SMILES string of the molecule is CC(=O)c1cccc2c1OB(O)[C@@H](CC(=O)c1ccc3c(c1)CN=C(N)NC3)C2. The predicted molar refractivity (Wildman–Crippen MR) is 110 cm³/mol. The van der Waals surface area contributed by atoms with Crippen LogP contribution >= 0.6 is 0 Å². The molecule has 0 spiro atoms. The van der Waals surface area contributed by atoms with Crippen LogP contribution in [0.1, 0.15) is 50.8 Å². The number of hydrogen-bond acceptors (Lipinski definition) is 7. The van der Waals surface area contributed by atoms with Gasteiger partial charge in [-0.05, 0) is 42.2 Å². The molecule has 0 unspecified atom stereocenters. The molecule has 0 radical (unpaired) electrons. The van der Waals surface area contributed by atoms with Crippen molar-refractivity contribution < 1.29 is 19.3 Å². The Balaban J connectivity index is 1.52. The van der Waals surface area contributed by atoms with E-state index in [0.29, 0.717) is 42.3 Å². The van der Waals surface area contributed by atoms with Crippen LogP contribution in [0.5, 0.6) is 5.75 Å². The number of nitrogens with one attached hydrogen (secondary N) is 1. The molecular formula is C21H22BN3O4. The molecule has 8 heteroatoms. The van der Waals surface area contributed by atoms with E-state index in [2.05, 4.69) is 10.3 Å². The number of nitrogens with two attached hydrogens (primary N) is 1. The molecule has 2 aromatic carbocycles. The minimum atomic E-state index is -1.14. The second kappa shape index (κ2) is 7.71. The Morgan fingerprint density at radius 1 is 1.28 bits per heavy atom. The number of carbonyl (C=O) groups excluding carboxylic acids is 2. The highest BCUT2D eigenvalue weighted by Gasteiger charge is 2.37. The van der Waals surface area contributed by atoms with Gasteiger partial charge in [0.1, 0.15) is 5.75 Å². The highest BCUT2D eigenvalue weighted by atomic mass is 16.5. The van der Waals surface area contributed by atoms with E-state index in [1.54, 1.807) is 18.2 Å². The highest BCUT2D eigenvalue weighted by Crippen LogP contribution is 2.37. The van der Waals surface area contributed by atoms with E-state index in [9.17, 15) is 14.6 Å². The average Bonchev–Trinajstić information content (AvgIpc) is 2.89. The molecule has 2 aliphatic rings. The number of benzene rings is 2. The first-order valence-corrected chi connectivity index (χ1v) is 9.58. The summed E-state index contributed by atoms with van der Waals surface area (Å²) in [7, 11) is -1.14. The molecule has 7 nitrogen and oxygen atoms in total. The van der Waals surface area contributed by atoms with Gasteiger partial charge < -0.3 is 20.7 Å². The van der Waals surface area contributed by atoms with Crippen LogP contribution in [-0.4, -0.2) is 29.7 Å². The van der Waals surface area contributed by atoms with Gasteiger partial charge in [0, 0.05) is 24.3 Å². The van der Waals surface area contributed by atoms with Crippen molar-refractivity contribution in [3.05, 3.63) is 64.2 Å². The lowest BCUT2D eigenvalue weighted by Gasteiger charge is -2.28. The average molecular weight is 391 g/mol. The van der Waals surface area contributed by atoms with Gasteiger partial charge in [-0.3, -0.25) is 9.59 Å². The maximum absolute atomic E-state index is 12.9. The molecule has 2 aliphatic heterocycles. The number of guanidine groups is 1. The van der Waals surface area contributed by atoms with E-state index in [1.165, 1.54) is 6.92 Å². The molecular weight excluding hydrogens is 369 g/mol. The topological polar surface area (TPSA) is 114 Å². The summed E-state index contributed by atoms with van der Waals surface area (Å²) in [6, 6.07) is 10.9. The fourth-order valence-electron chi connectivity index (χ4n) is 3.82. The number of ketones is 2. The molecule has 0 bridgehead atoms. The Hall–Kier alpha value is -3.13. The van der Waals surface area contributed by atoms with Crippen LogP contribution < -0.4 is 15.7 Å². The largest absolute Gasteiger partial charge is 0.535 e. The maximum atomic E-state index is 12.9. The lowest BCUT2D eigenvalue weighted by Crippen LogP contribution is -2.35. The molecule has 2 heterocycles. The number of hydrogen-bond donors (Lipinski definition) is 3. The zero-order valence-electron chi connectivity index (χ0n) is 16.1. The molecule has 4 N–H and O–H groups in total. The van der Waals surface area contributed by atoms with Gasteiger partial charge in [-0.25, -0.2) is 4.99 Å². The Labute approximate surface area is 169 Å². The van der Waals surface area contributed by atoms with Crippen molar-refractivity contribution in [3.8, 4) is 5.75 Å². The molecule has 0 saturated heterocycles. The second-order valence-corrected chi connectivity index (χ2v) is 7.49. The molecule has 0 aliphatic carbocycles. The van der Waals surface area contributed by atoms with E-state index in [4.69, 9.17) is 10.4 Å². The van der Waals surface area contributed by atoms with Crippen molar-refractivity contribution in [1.82, 2.24) is 5.32 Å². The van der Waals surface area contributed by atoms with E-state index in [-0.39, 0.29) is 23.8 Å². The molecule has 148 valence electrons. The Kier molecular flexibility index (Phi) is 5.11. The van der Waals surface area contributed by atoms with Gasteiger partial charge in [0.05, 0.1) is 12.1 Å². The van der Waals surface area contributed by atoms with Crippen LogP contribution in [0, 0.1) is 0 Å². The van der Waals surface area contributed by atoms with E-state index in [0.717, 1.165) is 16.7 Å². The third-order valence-corrected chi connectivity index (χ3v) is 5.46. The molecule has 1 atom stereocenters. The summed E-state index contributed by atoms with van der Waals surface area (Å²) in [5.74, 6) is 0.239. The van der Waals surface area contributed by atoms with Gasteiger partial charge in [0.25, 0.3) is 0 Å². The van der Waals surface area contributed by atoms with Crippen LogP contribution in [0.3, 0.4) is 0 Å². The Morgan fingerprint density at radius 3 is 2.90 bits per heavy atom. The van der Waals surface area contributed by atoms with Crippen LogP contribution in [0.25, 0.3) is 0 Å². The fraction of sp³-hybridized carbons (Fsp3) is 0.286. The monoisotopic (exact) mass is 391 g/mol. The molecule has 0 saturated carbocycles. The molecule has 0 aromatic heterocycles. The predicted octanol–water partition coefficient (Wildman–Crippen LogP) is 1.87. The summed E-state index contributed by atoms with van der Waals surface area (Å²) >= 11 is 0. The van der Waals surface area contributed by atoms with Crippen molar-refractivity contribution >= 4 is 24.6 Å². The van der Waals surface area contributed by atoms with Gasteiger partial charge in [0.2, 0.25) is 0 Å². The standard InChI is InChI=1S/C21H22BN3O4/c1-12(26)18-4-2-3-14-8-17(22(28)29-20(14)18)9-19(27)13-5-6-15-10-24-21(23)25-11-16(15)7-13/h2-7,17,28H,8-11H2,1H3,(H3,23,24,25)/t17-/m1/s1. The van der Waals surface area contributed by atoms with Crippen molar-refractivity contribution in [1.29, 1.82) is 0 Å². The maximum Gasteiger partial charge on any atom is 0.526 e. The number of Topliss-reactive ketones (excluding diaryl/α,β-unsaturated/α-hetero) is 2. The van der Waals surface area contributed by atoms with Gasteiger partial charge >= 0.3 is 7.12 Å². The number of fused-ring (bicyclic) bond motifs is 2. The van der Waals surface area contributed by atoms with E-state index in [1.807, 2.05) is 18.2 Å². The Bertz CT molecular complexity index is 1020. The quantitative estimate of drug-likeness (QED) is 0.542. The summed E-state index contributed by atoms with van der Waals surface area (Å²) in [5, 5.41) is 13.5. The van der Waals surface area contributed by atoms with Crippen molar-refractivity contribution in [2.45, 2.75) is 38.7 Å². The first kappa shape index (κ1) is 19.2. The normalized spacial score (nSPS) is 17.8. The third kappa shape index (κ3) is 3.89. The minimum absolute atomic E-state index is 0.0687. The highest BCUT2D eigenvalue weighted by molar-refractivity contribution is 6.47. The number of aliphatic imine (C=N–C) groups is 1.